The largest absolute Gasteiger partial charge is 0.354 e. The van der Waals surface area contributed by atoms with Crippen molar-refractivity contribution in [3.05, 3.63) is 35.4 Å². The second-order valence-electron chi connectivity index (χ2n) is 4.04. The summed E-state index contributed by atoms with van der Waals surface area (Å²) in [6, 6.07) is 7.92. The Balaban J connectivity index is 2.33. The van der Waals surface area contributed by atoms with E-state index in [4.69, 9.17) is 5.73 Å². The highest BCUT2D eigenvalue weighted by atomic mass is 16.2. The number of benzene rings is 1. The van der Waals surface area contributed by atoms with Gasteiger partial charge in [-0.25, -0.2) is 0 Å². The predicted molar refractivity (Wildman–Crippen MR) is 66.2 cm³/mol. The van der Waals surface area contributed by atoms with Crippen LogP contribution in [0, 0.1) is 6.92 Å². The molecule has 0 aliphatic heterocycles. The molecular formula is C13H20N2O. The van der Waals surface area contributed by atoms with Crippen molar-refractivity contribution in [2.24, 2.45) is 5.73 Å². The molecule has 1 amide bonds. The smallest absolute Gasteiger partial charge is 0.236 e. The van der Waals surface area contributed by atoms with E-state index < -0.39 is 0 Å². The van der Waals surface area contributed by atoms with Crippen LogP contribution in [0.1, 0.15) is 24.5 Å². The van der Waals surface area contributed by atoms with E-state index >= 15 is 0 Å². The van der Waals surface area contributed by atoms with Gasteiger partial charge in [0.1, 0.15) is 0 Å². The second-order valence-corrected chi connectivity index (χ2v) is 4.04. The van der Waals surface area contributed by atoms with Crippen LogP contribution in [0.5, 0.6) is 0 Å². The number of carbonyl (C=O) groups excluding carboxylic acids is 1. The summed E-state index contributed by atoms with van der Waals surface area (Å²) in [6.45, 7) is 4.62. The van der Waals surface area contributed by atoms with Gasteiger partial charge in [0.05, 0.1) is 6.04 Å². The predicted octanol–water partition coefficient (Wildman–Crippen LogP) is 1.39. The fraction of sp³-hybridized carbons (Fsp3) is 0.462. The van der Waals surface area contributed by atoms with Gasteiger partial charge in [0, 0.05) is 6.54 Å². The Morgan fingerprint density at radius 2 is 2.25 bits per heavy atom. The maximum Gasteiger partial charge on any atom is 0.236 e. The zero-order valence-corrected chi connectivity index (χ0v) is 9.99. The summed E-state index contributed by atoms with van der Waals surface area (Å²) < 4.78 is 0. The lowest BCUT2D eigenvalue weighted by Gasteiger charge is -2.10. The minimum Gasteiger partial charge on any atom is -0.354 e. The molecule has 16 heavy (non-hydrogen) atoms. The van der Waals surface area contributed by atoms with Crippen LogP contribution in [0.2, 0.25) is 0 Å². The van der Waals surface area contributed by atoms with Crippen molar-refractivity contribution in [2.45, 2.75) is 32.7 Å². The van der Waals surface area contributed by atoms with Crippen molar-refractivity contribution in [3.63, 3.8) is 0 Å². The maximum atomic E-state index is 11.4. The first-order chi connectivity index (χ1) is 7.63. The maximum absolute atomic E-state index is 11.4. The van der Waals surface area contributed by atoms with E-state index in [0.717, 1.165) is 6.42 Å². The fourth-order valence-electron chi connectivity index (χ4n) is 1.51. The Morgan fingerprint density at radius 1 is 1.50 bits per heavy atom. The molecule has 3 heteroatoms. The zero-order chi connectivity index (χ0) is 12.0. The molecule has 0 aromatic heterocycles. The third-order valence-electron chi connectivity index (χ3n) is 2.57. The van der Waals surface area contributed by atoms with E-state index in [-0.39, 0.29) is 11.9 Å². The Kier molecular flexibility index (Phi) is 4.99. The van der Waals surface area contributed by atoms with Crippen molar-refractivity contribution in [1.29, 1.82) is 0 Å². The normalized spacial score (nSPS) is 12.2. The molecule has 3 nitrogen and oxygen atoms in total. The Labute approximate surface area is 97.0 Å². The van der Waals surface area contributed by atoms with Crippen LogP contribution in [0.4, 0.5) is 0 Å². The lowest BCUT2D eigenvalue weighted by atomic mass is 10.1. The third kappa shape index (κ3) is 4.03. The molecular weight excluding hydrogens is 200 g/mol. The van der Waals surface area contributed by atoms with E-state index in [1.54, 1.807) is 0 Å². The molecule has 3 N–H and O–H groups in total. The summed E-state index contributed by atoms with van der Waals surface area (Å²) in [7, 11) is 0. The van der Waals surface area contributed by atoms with Gasteiger partial charge in [0.15, 0.2) is 0 Å². The molecule has 1 aromatic carbocycles. The molecule has 0 spiro atoms. The second kappa shape index (κ2) is 6.28. The molecule has 1 aromatic rings. The van der Waals surface area contributed by atoms with Gasteiger partial charge in [-0.2, -0.15) is 0 Å². The number of nitrogens with two attached hydrogens (primary N) is 1. The van der Waals surface area contributed by atoms with Crippen LogP contribution in [0.3, 0.4) is 0 Å². The Bertz CT molecular complexity index is 350. The average molecular weight is 220 g/mol. The molecule has 0 aliphatic rings. The van der Waals surface area contributed by atoms with Crippen molar-refractivity contribution < 1.29 is 4.79 Å². The SMILES string of the molecule is CC[C@@H](N)C(=O)NCCc1cccc(C)c1. The molecule has 88 valence electrons. The van der Waals surface area contributed by atoms with E-state index in [1.165, 1.54) is 11.1 Å². The summed E-state index contributed by atoms with van der Waals surface area (Å²) in [5, 5.41) is 2.84. The summed E-state index contributed by atoms with van der Waals surface area (Å²) in [5.74, 6) is -0.0600. The van der Waals surface area contributed by atoms with Crippen molar-refractivity contribution in [3.8, 4) is 0 Å². The van der Waals surface area contributed by atoms with Gasteiger partial charge in [-0.1, -0.05) is 36.8 Å². The first-order valence-corrected chi connectivity index (χ1v) is 5.72. The number of aryl methyl sites for hydroxylation is 1. The molecule has 0 fully saturated rings. The van der Waals surface area contributed by atoms with Crippen LogP contribution in [-0.4, -0.2) is 18.5 Å². The van der Waals surface area contributed by atoms with Gasteiger partial charge in [-0.05, 0) is 25.3 Å². The van der Waals surface area contributed by atoms with Gasteiger partial charge >= 0.3 is 0 Å². The highest BCUT2D eigenvalue weighted by Gasteiger charge is 2.09. The minimum absolute atomic E-state index is 0.0600. The molecule has 0 radical (unpaired) electrons. The number of amides is 1. The third-order valence-corrected chi connectivity index (χ3v) is 2.57. The highest BCUT2D eigenvalue weighted by molar-refractivity contribution is 5.81. The average Bonchev–Trinajstić information content (AvgIpc) is 2.28. The molecule has 0 bridgehead atoms. The van der Waals surface area contributed by atoms with Gasteiger partial charge in [0.25, 0.3) is 0 Å². The van der Waals surface area contributed by atoms with Crippen molar-refractivity contribution >= 4 is 5.91 Å². The summed E-state index contributed by atoms with van der Waals surface area (Å²) >= 11 is 0. The van der Waals surface area contributed by atoms with Crippen LogP contribution in [0.25, 0.3) is 0 Å². The van der Waals surface area contributed by atoms with E-state index in [9.17, 15) is 4.79 Å². The summed E-state index contributed by atoms with van der Waals surface area (Å²) in [6.07, 6.45) is 1.53. The number of rotatable bonds is 5. The Morgan fingerprint density at radius 3 is 2.88 bits per heavy atom. The molecule has 0 aliphatic carbocycles. The highest BCUT2D eigenvalue weighted by Crippen LogP contribution is 2.03. The number of hydrogen-bond donors (Lipinski definition) is 2. The molecule has 0 saturated heterocycles. The van der Waals surface area contributed by atoms with Gasteiger partial charge < -0.3 is 11.1 Å². The standard InChI is InChI=1S/C13H20N2O/c1-3-12(14)13(16)15-8-7-11-6-4-5-10(2)9-11/h4-6,9,12H,3,7-8,14H2,1-2H3,(H,15,16)/t12-/m1/s1. The molecule has 1 atom stereocenters. The lowest BCUT2D eigenvalue weighted by Crippen LogP contribution is -2.40. The van der Waals surface area contributed by atoms with E-state index in [0.29, 0.717) is 13.0 Å². The van der Waals surface area contributed by atoms with Crippen LogP contribution in [-0.2, 0) is 11.2 Å². The van der Waals surface area contributed by atoms with Crippen molar-refractivity contribution in [1.82, 2.24) is 5.32 Å². The van der Waals surface area contributed by atoms with Gasteiger partial charge in [-0.15, -0.1) is 0 Å². The van der Waals surface area contributed by atoms with Crippen LogP contribution in [0.15, 0.2) is 24.3 Å². The number of hydrogen-bond acceptors (Lipinski definition) is 2. The summed E-state index contributed by atoms with van der Waals surface area (Å²) in [5.41, 5.74) is 8.09. The zero-order valence-electron chi connectivity index (χ0n) is 9.99. The topological polar surface area (TPSA) is 55.1 Å². The molecule has 0 unspecified atom stereocenters. The quantitative estimate of drug-likeness (QED) is 0.788. The minimum atomic E-state index is -0.377. The lowest BCUT2D eigenvalue weighted by molar-refractivity contribution is -0.122. The molecule has 1 rings (SSSR count). The first-order valence-electron chi connectivity index (χ1n) is 5.72. The Hall–Kier alpha value is -1.35. The van der Waals surface area contributed by atoms with Gasteiger partial charge in [-0.3, -0.25) is 4.79 Å². The van der Waals surface area contributed by atoms with Crippen molar-refractivity contribution in [2.75, 3.05) is 6.54 Å². The first kappa shape index (κ1) is 12.7. The fourth-order valence-corrected chi connectivity index (χ4v) is 1.51. The number of nitrogens with one attached hydrogen (secondary N) is 1. The monoisotopic (exact) mass is 220 g/mol. The number of carbonyl (C=O) groups is 1. The molecule has 0 saturated carbocycles. The van der Waals surface area contributed by atoms with E-state index in [1.807, 2.05) is 13.0 Å². The van der Waals surface area contributed by atoms with Crippen LogP contribution < -0.4 is 11.1 Å². The molecule has 0 heterocycles. The van der Waals surface area contributed by atoms with Crippen LogP contribution >= 0.6 is 0 Å². The van der Waals surface area contributed by atoms with Gasteiger partial charge in [0.2, 0.25) is 5.91 Å². The van der Waals surface area contributed by atoms with E-state index in [2.05, 4.69) is 30.4 Å². The summed E-state index contributed by atoms with van der Waals surface area (Å²) in [4.78, 5) is 11.4.